The van der Waals surface area contributed by atoms with Crippen LogP contribution in [0, 0.1) is 17.0 Å². The minimum atomic E-state index is -0.947. The molecular weight excluding hydrogens is 374 g/mol. The van der Waals surface area contributed by atoms with Gasteiger partial charge in [0.1, 0.15) is 0 Å². The highest BCUT2D eigenvalue weighted by molar-refractivity contribution is 5.96. The van der Waals surface area contributed by atoms with Crippen LogP contribution in [-0.2, 0) is 14.3 Å². The number of nitrogens with one attached hydrogen (secondary N) is 1. The summed E-state index contributed by atoms with van der Waals surface area (Å²) in [4.78, 5) is 38.6. The molecule has 1 fully saturated rings. The van der Waals surface area contributed by atoms with E-state index in [4.69, 9.17) is 4.74 Å². The first kappa shape index (κ1) is 20.5. The number of para-hydroxylation sites is 1. The standard InChI is InChI=1S/C21H23N3O5/c1-15-7-8-19(24(27)28)17(13-15)18(21(26)23-9-11-29-12-10-23)14-20(25)22-16-5-3-2-4-6-16/h2-8,13,18H,9-12,14H2,1H3,(H,22,25). The first-order valence-electron chi connectivity index (χ1n) is 9.42. The maximum atomic E-state index is 13.2. The lowest BCUT2D eigenvalue weighted by atomic mass is 9.90. The van der Waals surface area contributed by atoms with Gasteiger partial charge >= 0.3 is 0 Å². The Balaban J connectivity index is 1.91. The number of ether oxygens (including phenoxy) is 1. The molecule has 8 nitrogen and oxygen atoms in total. The van der Waals surface area contributed by atoms with Crippen molar-refractivity contribution in [1.82, 2.24) is 4.90 Å². The SMILES string of the molecule is Cc1ccc([N+](=O)[O-])c(C(CC(=O)Nc2ccccc2)C(=O)N2CCOCC2)c1. The number of benzene rings is 2. The largest absolute Gasteiger partial charge is 0.378 e. The summed E-state index contributed by atoms with van der Waals surface area (Å²) < 4.78 is 5.30. The smallest absolute Gasteiger partial charge is 0.273 e. The first-order valence-corrected chi connectivity index (χ1v) is 9.42. The number of aryl methyl sites for hydroxylation is 1. The minimum Gasteiger partial charge on any atom is -0.378 e. The lowest BCUT2D eigenvalue weighted by Crippen LogP contribution is -2.43. The molecule has 0 aromatic heterocycles. The molecule has 0 saturated carbocycles. The summed E-state index contributed by atoms with van der Waals surface area (Å²) in [5.74, 6) is -1.62. The summed E-state index contributed by atoms with van der Waals surface area (Å²) in [6, 6.07) is 13.5. The van der Waals surface area contributed by atoms with Crippen molar-refractivity contribution in [2.45, 2.75) is 19.3 Å². The molecule has 1 unspecified atom stereocenters. The van der Waals surface area contributed by atoms with Gasteiger partial charge in [-0.25, -0.2) is 0 Å². The molecule has 8 heteroatoms. The number of carbonyl (C=O) groups excluding carboxylic acids is 2. The van der Waals surface area contributed by atoms with Crippen LogP contribution in [0.1, 0.15) is 23.5 Å². The van der Waals surface area contributed by atoms with E-state index in [1.807, 2.05) is 6.07 Å². The highest BCUT2D eigenvalue weighted by Crippen LogP contribution is 2.32. The van der Waals surface area contributed by atoms with Gasteiger partial charge in [0.25, 0.3) is 5.69 Å². The predicted molar refractivity (Wildman–Crippen MR) is 108 cm³/mol. The van der Waals surface area contributed by atoms with Crippen molar-refractivity contribution in [3.63, 3.8) is 0 Å². The molecule has 0 radical (unpaired) electrons. The van der Waals surface area contributed by atoms with Crippen molar-refractivity contribution in [2.24, 2.45) is 0 Å². The fourth-order valence-electron chi connectivity index (χ4n) is 3.37. The van der Waals surface area contributed by atoms with Crippen LogP contribution in [0.25, 0.3) is 0 Å². The van der Waals surface area contributed by atoms with Crippen LogP contribution < -0.4 is 5.32 Å². The van der Waals surface area contributed by atoms with Crippen molar-refractivity contribution in [3.8, 4) is 0 Å². The summed E-state index contributed by atoms with van der Waals surface area (Å²) in [7, 11) is 0. The minimum absolute atomic E-state index is 0.158. The van der Waals surface area contributed by atoms with Gasteiger partial charge in [-0.1, -0.05) is 29.8 Å². The first-order chi connectivity index (χ1) is 14.0. The molecule has 1 aliphatic heterocycles. The fraction of sp³-hybridized carbons (Fsp3) is 0.333. The van der Waals surface area contributed by atoms with Gasteiger partial charge in [-0.05, 0) is 25.1 Å². The van der Waals surface area contributed by atoms with Crippen molar-refractivity contribution >= 4 is 23.2 Å². The molecule has 2 amide bonds. The van der Waals surface area contributed by atoms with Crippen LogP contribution in [0.5, 0.6) is 0 Å². The highest BCUT2D eigenvalue weighted by Gasteiger charge is 2.33. The van der Waals surface area contributed by atoms with Gasteiger partial charge in [0.05, 0.1) is 24.1 Å². The number of nitrogens with zero attached hydrogens (tertiary/aromatic N) is 2. The second kappa shape index (κ2) is 9.29. The predicted octanol–water partition coefficient (Wildman–Crippen LogP) is 2.87. The third-order valence-electron chi connectivity index (χ3n) is 4.82. The summed E-state index contributed by atoms with van der Waals surface area (Å²) in [5.41, 5.74) is 1.49. The number of morpholine rings is 1. The van der Waals surface area contributed by atoms with Gasteiger partial charge in [-0.15, -0.1) is 0 Å². The molecule has 1 saturated heterocycles. The van der Waals surface area contributed by atoms with Crippen molar-refractivity contribution < 1.29 is 19.2 Å². The van der Waals surface area contributed by atoms with Gasteiger partial charge in [-0.3, -0.25) is 19.7 Å². The molecule has 3 rings (SSSR count). The number of carbonyl (C=O) groups is 2. The molecule has 0 spiro atoms. The van der Waals surface area contributed by atoms with Crippen LogP contribution >= 0.6 is 0 Å². The Kier molecular flexibility index (Phi) is 6.56. The molecule has 1 heterocycles. The molecule has 2 aromatic carbocycles. The van der Waals surface area contributed by atoms with E-state index >= 15 is 0 Å². The molecule has 1 atom stereocenters. The Morgan fingerprint density at radius 1 is 1.17 bits per heavy atom. The Hall–Kier alpha value is -3.26. The molecule has 0 aliphatic carbocycles. The number of nitro benzene ring substituents is 1. The Morgan fingerprint density at radius 3 is 2.52 bits per heavy atom. The zero-order chi connectivity index (χ0) is 20.8. The molecule has 1 aliphatic rings. The maximum absolute atomic E-state index is 13.2. The van der Waals surface area contributed by atoms with E-state index in [1.165, 1.54) is 6.07 Å². The molecular formula is C21H23N3O5. The monoisotopic (exact) mass is 397 g/mol. The van der Waals surface area contributed by atoms with Gasteiger partial charge in [0.15, 0.2) is 0 Å². The van der Waals surface area contributed by atoms with Gasteiger partial charge in [-0.2, -0.15) is 0 Å². The molecule has 1 N–H and O–H groups in total. The zero-order valence-electron chi connectivity index (χ0n) is 16.2. The summed E-state index contributed by atoms with van der Waals surface area (Å²) in [6.45, 7) is 3.41. The van der Waals surface area contributed by atoms with Crippen molar-refractivity contribution in [1.29, 1.82) is 0 Å². The second-order valence-corrected chi connectivity index (χ2v) is 6.93. The molecule has 29 heavy (non-hydrogen) atoms. The number of anilines is 1. The van der Waals surface area contributed by atoms with E-state index in [0.717, 1.165) is 5.56 Å². The molecule has 0 bridgehead atoms. The Bertz CT molecular complexity index is 894. The van der Waals surface area contributed by atoms with Crippen molar-refractivity contribution in [2.75, 3.05) is 31.6 Å². The zero-order valence-corrected chi connectivity index (χ0v) is 16.2. The average Bonchev–Trinajstić information content (AvgIpc) is 2.72. The van der Waals surface area contributed by atoms with E-state index in [0.29, 0.717) is 32.0 Å². The number of nitro groups is 1. The summed E-state index contributed by atoms with van der Waals surface area (Å²) >= 11 is 0. The second-order valence-electron chi connectivity index (χ2n) is 6.93. The van der Waals surface area contributed by atoms with Crippen molar-refractivity contribution in [3.05, 3.63) is 69.8 Å². The average molecular weight is 397 g/mol. The van der Waals surface area contributed by atoms with Gasteiger partial charge in [0, 0.05) is 36.8 Å². The molecule has 2 aromatic rings. The van der Waals surface area contributed by atoms with E-state index in [-0.39, 0.29) is 29.5 Å². The van der Waals surface area contributed by atoms with Gasteiger partial charge < -0.3 is 15.0 Å². The number of hydrogen-bond acceptors (Lipinski definition) is 5. The lowest BCUT2D eigenvalue weighted by molar-refractivity contribution is -0.385. The number of amides is 2. The summed E-state index contributed by atoms with van der Waals surface area (Å²) in [5, 5.41) is 14.3. The third kappa shape index (κ3) is 5.17. The maximum Gasteiger partial charge on any atom is 0.273 e. The van der Waals surface area contributed by atoms with Crippen LogP contribution in [0.3, 0.4) is 0 Å². The van der Waals surface area contributed by atoms with E-state index in [1.54, 1.807) is 48.2 Å². The van der Waals surface area contributed by atoms with E-state index in [9.17, 15) is 19.7 Å². The molecule has 152 valence electrons. The summed E-state index contributed by atoms with van der Waals surface area (Å²) in [6.07, 6.45) is -0.185. The fourth-order valence-corrected chi connectivity index (χ4v) is 3.37. The van der Waals surface area contributed by atoms with E-state index < -0.39 is 10.8 Å². The number of rotatable bonds is 6. The van der Waals surface area contributed by atoms with Crippen LogP contribution in [0.15, 0.2) is 48.5 Å². The van der Waals surface area contributed by atoms with Crippen LogP contribution in [0.2, 0.25) is 0 Å². The quantitative estimate of drug-likeness (QED) is 0.596. The topological polar surface area (TPSA) is 102 Å². The van der Waals surface area contributed by atoms with Gasteiger partial charge in [0.2, 0.25) is 11.8 Å². The Morgan fingerprint density at radius 2 is 1.86 bits per heavy atom. The highest BCUT2D eigenvalue weighted by atomic mass is 16.6. The van der Waals surface area contributed by atoms with Crippen LogP contribution in [0.4, 0.5) is 11.4 Å². The lowest BCUT2D eigenvalue weighted by Gasteiger charge is -2.30. The normalized spacial score (nSPS) is 14.9. The number of hydrogen-bond donors (Lipinski definition) is 1. The Labute approximate surface area is 168 Å². The van der Waals surface area contributed by atoms with E-state index in [2.05, 4.69) is 5.32 Å². The van der Waals surface area contributed by atoms with Crippen LogP contribution in [-0.4, -0.2) is 47.9 Å². The third-order valence-corrected chi connectivity index (χ3v) is 4.82.